The molecule has 3 N–H and O–H groups in total. The zero-order chi connectivity index (χ0) is 10.1. The van der Waals surface area contributed by atoms with E-state index in [0.29, 0.717) is 29.9 Å². The van der Waals surface area contributed by atoms with E-state index in [-0.39, 0.29) is 11.7 Å². The molecule has 0 fully saturated rings. The molecule has 1 aromatic rings. The molecule has 74 valence electrons. The van der Waals surface area contributed by atoms with Gasteiger partial charge in [0.15, 0.2) is 5.75 Å². The van der Waals surface area contributed by atoms with E-state index < -0.39 is 0 Å². The number of fused-ring (bicyclic) bond motifs is 1. The van der Waals surface area contributed by atoms with E-state index in [4.69, 9.17) is 10.6 Å². The van der Waals surface area contributed by atoms with Gasteiger partial charge in [-0.2, -0.15) is 5.90 Å². The molecule has 1 aliphatic heterocycles. The first kappa shape index (κ1) is 8.83. The summed E-state index contributed by atoms with van der Waals surface area (Å²) < 4.78 is 4.92. The number of phenolic OH excluding ortho intramolecular Hbond substituents is 1. The van der Waals surface area contributed by atoms with Crippen LogP contribution in [0.25, 0.3) is 0 Å². The fraction of sp³-hybridized carbons (Fsp3) is 0.222. The van der Waals surface area contributed by atoms with E-state index in [1.54, 1.807) is 0 Å². The van der Waals surface area contributed by atoms with Crippen molar-refractivity contribution in [2.24, 2.45) is 5.90 Å². The third-order valence-electron chi connectivity index (χ3n) is 2.08. The van der Waals surface area contributed by atoms with Gasteiger partial charge in [0.05, 0.1) is 6.42 Å². The van der Waals surface area contributed by atoms with Crippen LogP contribution in [0.5, 0.6) is 17.2 Å². The van der Waals surface area contributed by atoms with Crippen LogP contribution in [0.4, 0.5) is 0 Å². The van der Waals surface area contributed by atoms with Gasteiger partial charge in [-0.25, -0.2) is 0 Å². The Morgan fingerprint density at radius 3 is 2.93 bits per heavy atom. The summed E-state index contributed by atoms with van der Waals surface area (Å²) in [6.45, 7) is 0. The Hall–Kier alpha value is -1.75. The van der Waals surface area contributed by atoms with Gasteiger partial charge in [-0.05, 0) is 6.42 Å². The fourth-order valence-electron chi connectivity index (χ4n) is 1.45. The highest BCUT2D eigenvalue weighted by Gasteiger charge is 2.21. The Bertz CT molecular complexity index is 389. The van der Waals surface area contributed by atoms with Crippen LogP contribution in [-0.2, 0) is 11.2 Å². The number of hydrogen-bond acceptors (Lipinski definition) is 5. The number of aromatic hydroxyl groups is 1. The van der Waals surface area contributed by atoms with Gasteiger partial charge in [0.2, 0.25) is 0 Å². The summed E-state index contributed by atoms with van der Waals surface area (Å²) in [4.78, 5) is 15.5. The molecule has 5 nitrogen and oxygen atoms in total. The van der Waals surface area contributed by atoms with Crippen LogP contribution in [0.1, 0.15) is 12.0 Å². The summed E-state index contributed by atoms with van der Waals surface area (Å²) in [5, 5.41) is 9.26. The first-order chi connectivity index (χ1) is 6.70. The number of phenols is 1. The van der Waals surface area contributed by atoms with Gasteiger partial charge in [-0.15, -0.1) is 0 Å². The summed E-state index contributed by atoms with van der Waals surface area (Å²) in [6, 6.07) is 2.76. The van der Waals surface area contributed by atoms with Crippen molar-refractivity contribution < 1.29 is 19.5 Å². The molecule has 0 aromatic heterocycles. The van der Waals surface area contributed by atoms with Gasteiger partial charge in [-0.1, -0.05) is 0 Å². The first-order valence-corrected chi connectivity index (χ1v) is 4.14. The third kappa shape index (κ3) is 1.38. The highest BCUT2D eigenvalue weighted by molar-refractivity contribution is 5.76. The van der Waals surface area contributed by atoms with Crippen LogP contribution in [0, 0.1) is 0 Å². The van der Waals surface area contributed by atoms with Crippen molar-refractivity contribution in [2.75, 3.05) is 0 Å². The molecule has 0 atom stereocenters. The fourth-order valence-corrected chi connectivity index (χ4v) is 1.45. The van der Waals surface area contributed by atoms with Crippen LogP contribution < -0.4 is 15.5 Å². The lowest BCUT2D eigenvalue weighted by atomic mass is 10.0. The summed E-state index contributed by atoms with van der Waals surface area (Å²) >= 11 is 0. The maximum atomic E-state index is 11.0. The molecule has 0 radical (unpaired) electrons. The lowest BCUT2D eigenvalue weighted by molar-refractivity contribution is -0.135. The van der Waals surface area contributed by atoms with Crippen LogP contribution in [0.3, 0.4) is 0 Å². The number of carbonyl (C=O) groups excluding carboxylic acids is 1. The second kappa shape index (κ2) is 3.19. The normalized spacial score (nSPS) is 14.5. The largest absolute Gasteiger partial charge is 0.508 e. The molecular weight excluding hydrogens is 186 g/mol. The quantitative estimate of drug-likeness (QED) is 0.387. The van der Waals surface area contributed by atoms with Crippen LogP contribution in [0.15, 0.2) is 12.1 Å². The average Bonchev–Trinajstić information content (AvgIpc) is 2.15. The van der Waals surface area contributed by atoms with E-state index >= 15 is 0 Å². The highest BCUT2D eigenvalue weighted by atomic mass is 16.6. The molecule has 1 aromatic carbocycles. The van der Waals surface area contributed by atoms with E-state index in [0.717, 1.165) is 0 Å². The molecule has 1 aliphatic rings. The van der Waals surface area contributed by atoms with Gasteiger partial charge in [0, 0.05) is 17.7 Å². The van der Waals surface area contributed by atoms with Crippen molar-refractivity contribution in [3.05, 3.63) is 17.7 Å². The molecule has 0 saturated carbocycles. The maximum absolute atomic E-state index is 11.0. The molecular formula is C9H9NO4. The highest BCUT2D eigenvalue weighted by Crippen LogP contribution is 2.36. The van der Waals surface area contributed by atoms with Crippen molar-refractivity contribution in [3.8, 4) is 17.2 Å². The van der Waals surface area contributed by atoms with Gasteiger partial charge >= 0.3 is 5.97 Å². The van der Waals surface area contributed by atoms with Crippen LogP contribution in [0.2, 0.25) is 0 Å². The summed E-state index contributed by atoms with van der Waals surface area (Å²) in [7, 11) is 0. The van der Waals surface area contributed by atoms with Crippen molar-refractivity contribution in [1.29, 1.82) is 0 Å². The van der Waals surface area contributed by atoms with E-state index in [1.165, 1.54) is 12.1 Å². The Kier molecular flexibility index (Phi) is 2.01. The Balaban J connectivity index is 2.51. The van der Waals surface area contributed by atoms with Gasteiger partial charge in [0.1, 0.15) is 11.5 Å². The van der Waals surface area contributed by atoms with Gasteiger partial charge in [-0.3, -0.25) is 4.79 Å². The summed E-state index contributed by atoms with van der Waals surface area (Å²) in [6.07, 6.45) is 0.815. The van der Waals surface area contributed by atoms with Crippen LogP contribution in [-0.4, -0.2) is 11.1 Å². The van der Waals surface area contributed by atoms with E-state index in [9.17, 15) is 9.90 Å². The van der Waals surface area contributed by atoms with E-state index in [2.05, 4.69) is 4.84 Å². The lowest BCUT2D eigenvalue weighted by Gasteiger charge is -2.17. The van der Waals surface area contributed by atoms with Crippen molar-refractivity contribution in [1.82, 2.24) is 0 Å². The molecule has 0 aliphatic carbocycles. The predicted molar refractivity (Wildman–Crippen MR) is 46.9 cm³/mol. The number of ether oxygens (including phenoxy) is 1. The van der Waals surface area contributed by atoms with Crippen molar-refractivity contribution in [3.63, 3.8) is 0 Å². The monoisotopic (exact) mass is 195 g/mol. The van der Waals surface area contributed by atoms with Crippen molar-refractivity contribution >= 4 is 5.97 Å². The zero-order valence-corrected chi connectivity index (χ0v) is 7.32. The molecule has 1 heterocycles. The number of carbonyl (C=O) groups is 1. The molecule has 0 bridgehead atoms. The molecule has 2 rings (SSSR count). The second-order valence-corrected chi connectivity index (χ2v) is 3.01. The second-order valence-electron chi connectivity index (χ2n) is 3.01. The minimum absolute atomic E-state index is 0.0427. The maximum Gasteiger partial charge on any atom is 0.311 e. The topological polar surface area (TPSA) is 81.8 Å². The molecule has 0 unspecified atom stereocenters. The lowest BCUT2D eigenvalue weighted by Crippen LogP contribution is -2.17. The third-order valence-corrected chi connectivity index (χ3v) is 2.08. The minimum Gasteiger partial charge on any atom is -0.508 e. The Labute approximate surface area is 80.0 Å². The summed E-state index contributed by atoms with van der Waals surface area (Å²) in [5.41, 5.74) is 0.713. The average molecular weight is 195 g/mol. The SMILES string of the molecule is NOc1cc(O)cc2c1CCC(=O)O2. The first-order valence-electron chi connectivity index (χ1n) is 4.14. The molecule has 5 heteroatoms. The molecule has 14 heavy (non-hydrogen) atoms. The minimum atomic E-state index is -0.314. The zero-order valence-electron chi connectivity index (χ0n) is 7.32. The van der Waals surface area contributed by atoms with E-state index in [1.807, 2.05) is 0 Å². The van der Waals surface area contributed by atoms with Gasteiger partial charge in [0.25, 0.3) is 0 Å². The standard InChI is InChI=1S/C9H9NO4/c10-14-8-4-5(11)3-7-6(8)1-2-9(12)13-7/h3-4,11H,1-2,10H2. The molecule has 0 amide bonds. The van der Waals surface area contributed by atoms with Gasteiger partial charge < -0.3 is 14.7 Å². The Morgan fingerprint density at radius 1 is 1.43 bits per heavy atom. The smallest absolute Gasteiger partial charge is 0.311 e. The number of rotatable bonds is 1. The Morgan fingerprint density at radius 2 is 2.21 bits per heavy atom. The summed E-state index contributed by atoms with van der Waals surface area (Å²) in [5.74, 6) is 5.33. The van der Waals surface area contributed by atoms with Crippen molar-refractivity contribution in [2.45, 2.75) is 12.8 Å². The predicted octanol–water partition coefficient (Wildman–Crippen LogP) is 0.496. The number of benzene rings is 1. The van der Waals surface area contributed by atoms with Crippen LogP contribution >= 0.6 is 0 Å². The number of nitrogens with two attached hydrogens (primary N) is 1. The number of hydrogen-bond donors (Lipinski definition) is 2. The molecule has 0 saturated heterocycles. The number of esters is 1. The molecule has 0 spiro atoms.